The number of amides is 1. The van der Waals surface area contributed by atoms with Gasteiger partial charge in [0.05, 0.1) is 17.2 Å². The maximum atomic E-state index is 12.3. The second-order valence-corrected chi connectivity index (χ2v) is 8.48. The summed E-state index contributed by atoms with van der Waals surface area (Å²) < 4.78 is 22.9. The summed E-state index contributed by atoms with van der Waals surface area (Å²) >= 11 is 1.29. The average Bonchev–Trinajstić information content (AvgIpc) is 3.02. The number of hydrogen-bond acceptors (Lipinski definition) is 6. The van der Waals surface area contributed by atoms with Crippen molar-refractivity contribution in [2.24, 2.45) is 0 Å². The highest BCUT2D eigenvalue weighted by atomic mass is 32.2. The van der Waals surface area contributed by atoms with Crippen LogP contribution >= 0.6 is 11.3 Å². The molecule has 0 aliphatic carbocycles. The van der Waals surface area contributed by atoms with Crippen LogP contribution in [0.15, 0.2) is 24.5 Å². The fraction of sp³-hybridized carbons (Fsp3) is 0.357. The first-order valence-corrected chi connectivity index (χ1v) is 9.47. The molecule has 6 nitrogen and oxygen atoms in total. The van der Waals surface area contributed by atoms with Crippen LogP contribution in [0.4, 0.5) is 0 Å². The number of rotatable bonds is 3. The molecule has 1 atom stereocenters. The lowest BCUT2D eigenvalue weighted by Gasteiger charge is -2.09. The minimum atomic E-state index is -3.01. The number of hydrogen-bond donors (Lipinski definition) is 1. The Morgan fingerprint density at radius 1 is 1.45 bits per heavy atom. The van der Waals surface area contributed by atoms with Gasteiger partial charge < -0.3 is 5.32 Å². The number of thiazole rings is 1. The Labute approximate surface area is 132 Å². The molecule has 1 N–H and O–H groups in total. The maximum absolute atomic E-state index is 12.3. The third-order valence-electron chi connectivity index (χ3n) is 3.48. The van der Waals surface area contributed by atoms with Crippen LogP contribution in [0.2, 0.25) is 0 Å². The van der Waals surface area contributed by atoms with Gasteiger partial charge in [0.15, 0.2) is 9.84 Å². The minimum Gasteiger partial charge on any atom is -0.347 e. The van der Waals surface area contributed by atoms with Gasteiger partial charge in [0.2, 0.25) is 0 Å². The number of aryl methyl sites for hydroxylation is 1. The molecule has 1 unspecified atom stereocenters. The Kier molecular flexibility index (Phi) is 3.96. The summed E-state index contributed by atoms with van der Waals surface area (Å²) in [6.45, 7) is 1.77. The first kappa shape index (κ1) is 15.1. The zero-order valence-corrected chi connectivity index (χ0v) is 13.6. The van der Waals surface area contributed by atoms with Gasteiger partial charge in [-0.3, -0.25) is 9.78 Å². The largest absolute Gasteiger partial charge is 0.347 e. The molecule has 3 heterocycles. The first-order valence-electron chi connectivity index (χ1n) is 6.84. The van der Waals surface area contributed by atoms with Crippen molar-refractivity contribution in [3.63, 3.8) is 0 Å². The Morgan fingerprint density at radius 3 is 2.91 bits per heavy atom. The number of nitrogens with one attached hydrogen (secondary N) is 1. The summed E-state index contributed by atoms with van der Waals surface area (Å²) in [6, 6.07) is 3.40. The number of carbonyl (C=O) groups is 1. The Balaban J connectivity index is 1.78. The lowest BCUT2D eigenvalue weighted by Crippen LogP contribution is -2.35. The molecule has 0 aromatic carbocycles. The van der Waals surface area contributed by atoms with Crippen LogP contribution in [-0.2, 0) is 9.84 Å². The Bertz CT molecular complexity index is 800. The van der Waals surface area contributed by atoms with Crippen molar-refractivity contribution in [1.29, 1.82) is 0 Å². The lowest BCUT2D eigenvalue weighted by molar-refractivity contribution is 0.0944. The van der Waals surface area contributed by atoms with E-state index in [0.29, 0.717) is 17.0 Å². The molecule has 116 valence electrons. The van der Waals surface area contributed by atoms with Gasteiger partial charge >= 0.3 is 0 Å². The molecule has 0 saturated carbocycles. The van der Waals surface area contributed by atoms with Crippen LogP contribution in [0, 0.1) is 6.92 Å². The van der Waals surface area contributed by atoms with Gasteiger partial charge in [-0.25, -0.2) is 13.4 Å². The van der Waals surface area contributed by atoms with Crippen molar-refractivity contribution in [2.45, 2.75) is 19.4 Å². The SMILES string of the molecule is Cc1nc(-c2cccnc2)sc1C(=O)NC1CCS(=O)(=O)C1. The normalized spacial score (nSPS) is 20.0. The van der Waals surface area contributed by atoms with Crippen LogP contribution in [0.25, 0.3) is 10.6 Å². The van der Waals surface area contributed by atoms with Gasteiger partial charge in [0.1, 0.15) is 9.88 Å². The monoisotopic (exact) mass is 337 g/mol. The molecule has 1 aliphatic rings. The molecular formula is C14H15N3O3S2. The van der Waals surface area contributed by atoms with Crippen LogP contribution in [0.3, 0.4) is 0 Å². The van der Waals surface area contributed by atoms with Crippen molar-refractivity contribution in [2.75, 3.05) is 11.5 Å². The third-order valence-corrected chi connectivity index (χ3v) is 6.45. The molecule has 3 rings (SSSR count). The van der Waals surface area contributed by atoms with Gasteiger partial charge in [0.25, 0.3) is 5.91 Å². The predicted molar refractivity (Wildman–Crippen MR) is 84.6 cm³/mol. The molecule has 1 saturated heterocycles. The highest BCUT2D eigenvalue weighted by Crippen LogP contribution is 2.27. The molecule has 2 aromatic rings. The molecule has 1 aliphatic heterocycles. The summed E-state index contributed by atoms with van der Waals surface area (Å²) in [4.78, 5) is 21.3. The first-order chi connectivity index (χ1) is 10.4. The Morgan fingerprint density at radius 2 is 2.27 bits per heavy atom. The molecule has 22 heavy (non-hydrogen) atoms. The quantitative estimate of drug-likeness (QED) is 0.915. The van der Waals surface area contributed by atoms with Crippen molar-refractivity contribution in [3.05, 3.63) is 35.1 Å². The van der Waals surface area contributed by atoms with E-state index in [-0.39, 0.29) is 23.5 Å². The van der Waals surface area contributed by atoms with Crippen LogP contribution in [-0.4, -0.2) is 41.8 Å². The van der Waals surface area contributed by atoms with Gasteiger partial charge in [-0.15, -0.1) is 11.3 Å². The van der Waals surface area contributed by atoms with Crippen LogP contribution in [0.1, 0.15) is 21.8 Å². The molecule has 1 amide bonds. The summed E-state index contributed by atoms with van der Waals surface area (Å²) in [5.74, 6) is -0.0979. The van der Waals surface area contributed by atoms with Gasteiger partial charge in [-0.05, 0) is 25.5 Å². The highest BCUT2D eigenvalue weighted by molar-refractivity contribution is 7.91. The number of aromatic nitrogens is 2. The molecule has 2 aromatic heterocycles. The van der Waals surface area contributed by atoms with E-state index in [1.807, 2.05) is 12.1 Å². The van der Waals surface area contributed by atoms with Gasteiger partial charge in [0, 0.05) is 24.0 Å². The topological polar surface area (TPSA) is 89.0 Å². The Hall–Kier alpha value is -1.80. The van der Waals surface area contributed by atoms with Crippen molar-refractivity contribution >= 4 is 27.1 Å². The van der Waals surface area contributed by atoms with E-state index < -0.39 is 9.84 Å². The minimum absolute atomic E-state index is 0.0199. The molecule has 0 bridgehead atoms. The maximum Gasteiger partial charge on any atom is 0.263 e. The molecular weight excluding hydrogens is 322 g/mol. The van der Waals surface area contributed by atoms with E-state index in [1.54, 1.807) is 19.3 Å². The predicted octanol–water partition coefficient (Wildman–Crippen LogP) is 1.43. The number of nitrogens with zero attached hydrogens (tertiary/aromatic N) is 2. The van der Waals surface area contributed by atoms with Crippen LogP contribution < -0.4 is 5.32 Å². The van der Waals surface area contributed by atoms with E-state index >= 15 is 0 Å². The highest BCUT2D eigenvalue weighted by Gasteiger charge is 2.30. The fourth-order valence-corrected chi connectivity index (χ4v) is 5.01. The second kappa shape index (κ2) is 5.77. The van der Waals surface area contributed by atoms with Crippen LogP contribution in [0.5, 0.6) is 0 Å². The summed E-state index contributed by atoms with van der Waals surface area (Å²) in [5.41, 5.74) is 1.50. The van der Waals surface area contributed by atoms with Gasteiger partial charge in [-0.2, -0.15) is 0 Å². The second-order valence-electron chi connectivity index (χ2n) is 5.25. The van der Waals surface area contributed by atoms with E-state index in [9.17, 15) is 13.2 Å². The summed E-state index contributed by atoms with van der Waals surface area (Å²) in [6.07, 6.45) is 3.85. The molecule has 0 spiro atoms. The summed E-state index contributed by atoms with van der Waals surface area (Å²) in [5, 5.41) is 3.52. The van der Waals surface area contributed by atoms with Crippen molar-refractivity contribution in [3.8, 4) is 10.6 Å². The molecule has 8 heteroatoms. The smallest absolute Gasteiger partial charge is 0.263 e. The average molecular weight is 337 g/mol. The fourth-order valence-electron chi connectivity index (χ4n) is 2.38. The third kappa shape index (κ3) is 3.17. The van der Waals surface area contributed by atoms with E-state index in [0.717, 1.165) is 10.6 Å². The zero-order valence-electron chi connectivity index (χ0n) is 11.9. The molecule has 0 radical (unpaired) electrons. The lowest BCUT2D eigenvalue weighted by atomic mass is 10.2. The van der Waals surface area contributed by atoms with Gasteiger partial charge in [-0.1, -0.05) is 0 Å². The number of pyridine rings is 1. The van der Waals surface area contributed by atoms with Crippen molar-refractivity contribution < 1.29 is 13.2 Å². The zero-order chi connectivity index (χ0) is 15.7. The summed E-state index contributed by atoms with van der Waals surface area (Å²) in [7, 11) is -3.01. The van der Waals surface area contributed by atoms with E-state index in [4.69, 9.17) is 0 Å². The van der Waals surface area contributed by atoms with E-state index in [1.165, 1.54) is 11.3 Å². The number of sulfone groups is 1. The number of carbonyl (C=O) groups excluding carboxylic acids is 1. The standard InChI is InChI=1S/C14H15N3O3S2/c1-9-12(13(18)17-11-4-6-22(19,20)8-11)21-14(16-9)10-3-2-5-15-7-10/h2-3,5,7,11H,4,6,8H2,1H3,(H,17,18). The molecule has 1 fully saturated rings. The van der Waals surface area contributed by atoms with Crippen molar-refractivity contribution in [1.82, 2.24) is 15.3 Å². The van der Waals surface area contributed by atoms with E-state index in [2.05, 4.69) is 15.3 Å².